The van der Waals surface area contributed by atoms with Crippen LogP contribution in [0.15, 0.2) is 36.4 Å². The van der Waals surface area contributed by atoms with Crippen molar-refractivity contribution in [2.75, 3.05) is 19.6 Å². The van der Waals surface area contributed by atoms with Crippen molar-refractivity contribution in [3.63, 3.8) is 0 Å². The number of hydrogen-bond donors (Lipinski definition) is 2. The molecule has 2 N–H and O–H groups in total. The lowest BCUT2D eigenvalue weighted by molar-refractivity contribution is 0.0619. The Morgan fingerprint density at radius 3 is 2.45 bits per heavy atom. The fraction of sp³-hybridized carbons (Fsp3) is 0.389. The maximum Gasteiger partial charge on any atom is 0.255 e. The van der Waals surface area contributed by atoms with Crippen molar-refractivity contribution in [2.24, 2.45) is 5.92 Å². The molecule has 0 aliphatic carbocycles. The van der Waals surface area contributed by atoms with Gasteiger partial charge in [0, 0.05) is 12.6 Å². The van der Waals surface area contributed by atoms with E-state index in [1.807, 2.05) is 24.3 Å². The van der Waals surface area contributed by atoms with Crippen LogP contribution in [-0.4, -0.2) is 41.6 Å². The summed E-state index contributed by atoms with van der Waals surface area (Å²) in [7, 11) is 0. The third-order valence-corrected chi connectivity index (χ3v) is 5.08. The summed E-state index contributed by atoms with van der Waals surface area (Å²) in [5.74, 6) is 0.469. The molecule has 3 heterocycles. The number of phenols is 1. The van der Waals surface area contributed by atoms with Crippen LogP contribution in [-0.2, 0) is 0 Å². The average molecular weight is 296 g/mol. The molecule has 2 aromatic rings. The minimum atomic E-state index is -0.165. The lowest BCUT2D eigenvalue weighted by atomic mass is 9.84. The molecule has 0 aromatic heterocycles. The Labute approximate surface area is 129 Å². The van der Waals surface area contributed by atoms with Gasteiger partial charge in [0.05, 0.1) is 5.56 Å². The molecule has 2 bridgehead atoms. The minimum absolute atomic E-state index is 0.0532. The van der Waals surface area contributed by atoms with Gasteiger partial charge in [0.15, 0.2) is 0 Å². The van der Waals surface area contributed by atoms with Crippen molar-refractivity contribution in [2.45, 2.75) is 18.9 Å². The molecule has 0 spiro atoms. The van der Waals surface area contributed by atoms with E-state index in [0.717, 1.165) is 43.2 Å². The van der Waals surface area contributed by atoms with Crippen LogP contribution < -0.4 is 5.32 Å². The molecule has 0 radical (unpaired) electrons. The molecule has 1 amide bonds. The smallest absolute Gasteiger partial charge is 0.255 e. The lowest BCUT2D eigenvalue weighted by Crippen LogP contribution is -2.57. The number of amides is 1. The molecule has 2 aromatic carbocycles. The molecule has 4 heteroatoms. The van der Waals surface area contributed by atoms with Crippen molar-refractivity contribution in [1.82, 2.24) is 10.2 Å². The van der Waals surface area contributed by atoms with Crippen molar-refractivity contribution in [3.8, 4) is 5.75 Å². The highest BCUT2D eigenvalue weighted by Crippen LogP contribution is 2.29. The number of benzene rings is 2. The first-order valence-corrected chi connectivity index (χ1v) is 7.96. The van der Waals surface area contributed by atoms with Gasteiger partial charge in [-0.2, -0.15) is 0 Å². The van der Waals surface area contributed by atoms with Gasteiger partial charge in [-0.25, -0.2) is 0 Å². The number of nitrogens with one attached hydrogen (secondary N) is 1. The Morgan fingerprint density at radius 2 is 1.82 bits per heavy atom. The molecular formula is C18H20N2O2. The first kappa shape index (κ1) is 13.6. The number of carbonyl (C=O) groups is 1. The molecule has 3 saturated heterocycles. The Bertz CT molecular complexity index is 720. The van der Waals surface area contributed by atoms with E-state index in [0.29, 0.717) is 11.5 Å². The monoisotopic (exact) mass is 296 g/mol. The second-order valence-electron chi connectivity index (χ2n) is 6.43. The fourth-order valence-corrected chi connectivity index (χ4v) is 3.78. The molecular weight excluding hydrogens is 276 g/mol. The molecule has 5 rings (SSSR count). The molecule has 3 aliphatic heterocycles. The predicted molar refractivity (Wildman–Crippen MR) is 86.0 cm³/mol. The normalized spacial score (nSPS) is 27.0. The first-order valence-electron chi connectivity index (χ1n) is 7.96. The molecule has 22 heavy (non-hydrogen) atoms. The average Bonchev–Trinajstić information content (AvgIpc) is 2.55. The zero-order valence-electron chi connectivity index (χ0n) is 12.5. The maximum atomic E-state index is 12.6. The van der Waals surface area contributed by atoms with Gasteiger partial charge >= 0.3 is 0 Å². The number of phenolic OH excluding ortho intramolecular Hbond substituents is 1. The largest absolute Gasteiger partial charge is 0.507 e. The van der Waals surface area contributed by atoms with Crippen molar-refractivity contribution >= 4 is 16.7 Å². The van der Waals surface area contributed by atoms with Crippen LogP contribution >= 0.6 is 0 Å². The van der Waals surface area contributed by atoms with Crippen LogP contribution in [0.4, 0.5) is 0 Å². The van der Waals surface area contributed by atoms with E-state index in [2.05, 4.69) is 10.2 Å². The van der Waals surface area contributed by atoms with E-state index >= 15 is 0 Å². The van der Waals surface area contributed by atoms with Gasteiger partial charge in [-0.05, 0) is 54.8 Å². The molecule has 3 aliphatic rings. The number of piperidine rings is 3. The second kappa shape index (κ2) is 5.29. The van der Waals surface area contributed by atoms with Crippen LogP contribution in [0.25, 0.3) is 10.8 Å². The zero-order valence-corrected chi connectivity index (χ0v) is 12.5. The maximum absolute atomic E-state index is 12.6. The molecule has 3 fully saturated rings. The van der Waals surface area contributed by atoms with Gasteiger partial charge in [0.25, 0.3) is 5.91 Å². The number of rotatable bonds is 2. The molecule has 0 saturated carbocycles. The third-order valence-electron chi connectivity index (χ3n) is 5.08. The van der Waals surface area contributed by atoms with Gasteiger partial charge in [0.2, 0.25) is 0 Å². The summed E-state index contributed by atoms with van der Waals surface area (Å²) in [5.41, 5.74) is 0.371. The number of hydrogen-bond acceptors (Lipinski definition) is 3. The summed E-state index contributed by atoms with van der Waals surface area (Å²) in [6, 6.07) is 11.4. The lowest BCUT2D eigenvalue weighted by Gasteiger charge is -2.44. The highest BCUT2D eigenvalue weighted by molar-refractivity contribution is 6.01. The van der Waals surface area contributed by atoms with Crippen LogP contribution in [0.2, 0.25) is 0 Å². The Balaban J connectivity index is 1.58. The van der Waals surface area contributed by atoms with Crippen molar-refractivity contribution < 1.29 is 9.90 Å². The Morgan fingerprint density at radius 1 is 1.14 bits per heavy atom. The standard InChI is InChI=1S/C18H20N2O2/c21-17-10-14-4-2-1-3-13(14)9-15(17)18(22)19-16-11-20-7-5-12(16)6-8-20/h1-4,9-10,12,16,21H,5-8,11H2,(H,19,22). The summed E-state index contributed by atoms with van der Waals surface area (Å²) in [6.45, 7) is 3.24. The summed E-state index contributed by atoms with van der Waals surface area (Å²) >= 11 is 0. The van der Waals surface area contributed by atoms with Gasteiger partial charge < -0.3 is 15.3 Å². The summed E-state index contributed by atoms with van der Waals surface area (Å²) in [4.78, 5) is 15.0. The predicted octanol–water partition coefficient (Wildman–Crippen LogP) is 2.37. The van der Waals surface area contributed by atoms with E-state index < -0.39 is 0 Å². The number of fused-ring (bicyclic) bond motifs is 4. The van der Waals surface area contributed by atoms with Gasteiger partial charge in [-0.1, -0.05) is 24.3 Å². The van der Waals surface area contributed by atoms with E-state index in [-0.39, 0.29) is 17.7 Å². The van der Waals surface area contributed by atoms with Crippen molar-refractivity contribution in [1.29, 1.82) is 0 Å². The quantitative estimate of drug-likeness (QED) is 0.894. The summed E-state index contributed by atoms with van der Waals surface area (Å²) in [6.07, 6.45) is 2.32. The Hall–Kier alpha value is -2.07. The van der Waals surface area contributed by atoms with E-state index in [1.165, 1.54) is 0 Å². The Kier molecular flexibility index (Phi) is 3.26. The van der Waals surface area contributed by atoms with Gasteiger partial charge in [-0.15, -0.1) is 0 Å². The SMILES string of the molecule is O=C(NC1CN2CCC1CC2)c1cc2ccccc2cc1O. The first-order chi connectivity index (χ1) is 10.7. The second-order valence-corrected chi connectivity index (χ2v) is 6.43. The highest BCUT2D eigenvalue weighted by atomic mass is 16.3. The number of aromatic hydroxyl groups is 1. The fourth-order valence-electron chi connectivity index (χ4n) is 3.78. The number of nitrogens with zero attached hydrogens (tertiary/aromatic N) is 1. The van der Waals surface area contributed by atoms with Crippen LogP contribution in [0.3, 0.4) is 0 Å². The molecule has 114 valence electrons. The van der Waals surface area contributed by atoms with Crippen LogP contribution in [0, 0.1) is 5.92 Å². The summed E-state index contributed by atoms with van der Waals surface area (Å²) < 4.78 is 0. The zero-order chi connectivity index (χ0) is 15.1. The molecule has 1 unspecified atom stereocenters. The van der Waals surface area contributed by atoms with Crippen LogP contribution in [0.5, 0.6) is 5.75 Å². The molecule has 1 atom stereocenters. The van der Waals surface area contributed by atoms with Crippen LogP contribution in [0.1, 0.15) is 23.2 Å². The van der Waals surface area contributed by atoms with E-state index in [9.17, 15) is 9.90 Å². The topological polar surface area (TPSA) is 52.6 Å². The van der Waals surface area contributed by atoms with Crippen molar-refractivity contribution in [3.05, 3.63) is 42.0 Å². The summed E-state index contributed by atoms with van der Waals surface area (Å²) in [5, 5.41) is 15.2. The van der Waals surface area contributed by atoms with Gasteiger partial charge in [-0.3, -0.25) is 4.79 Å². The number of carbonyl (C=O) groups excluding carboxylic acids is 1. The van der Waals surface area contributed by atoms with E-state index in [4.69, 9.17) is 0 Å². The van der Waals surface area contributed by atoms with Gasteiger partial charge in [0.1, 0.15) is 5.75 Å². The highest BCUT2D eigenvalue weighted by Gasteiger charge is 2.35. The van der Waals surface area contributed by atoms with E-state index in [1.54, 1.807) is 12.1 Å². The third kappa shape index (κ3) is 2.33. The molecule has 4 nitrogen and oxygen atoms in total. The minimum Gasteiger partial charge on any atom is -0.507 e.